The summed E-state index contributed by atoms with van der Waals surface area (Å²) in [6, 6.07) is 17.6. The Morgan fingerprint density at radius 1 is 0.679 bits per heavy atom. The highest BCUT2D eigenvalue weighted by Gasteiger charge is 2.31. The molecule has 0 radical (unpaired) electrons. The van der Waals surface area contributed by atoms with Gasteiger partial charge in [-0.25, -0.2) is 0 Å². The number of hydrogen-bond donors (Lipinski definition) is 4. The van der Waals surface area contributed by atoms with Crippen molar-refractivity contribution in [2.24, 2.45) is 0 Å². The SMILES string of the molecule is CC(C)NC1c2ccccc2C[C@H]1O.CC(C)NC1c2ccccc2C[C@H]1O. The Bertz CT molecular complexity index is 709. The van der Waals surface area contributed by atoms with Crippen LogP contribution in [0.5, 0.6) is 0 Å². The van der Waals surface area contributed by atoms with Gasteiger partial charge in [0, 0.05) is 24.9 Å². The Balaban J connectivity index is 0.000000161. The predicted molar refractivity (Wildman–Crippen MR) is 114 cm³/mol. The molecule has 4 nitrogen and oxygen atoms in total. The van der Waals surface area contributed by atoms with E-state index in [1.165, 1.54) is 22.3 Å². The molecule has 4 rings (SSSR count). The molecule has 2 aromatic carbocycles. The number of aliphatic hydroxyl groups excluding tert-OH is 2. The first kappa shape index (κ1) is 21.0. The van der Waals surface area contributed by atoms with E-state index >= 15 is 0 Å². The zero-order valence-electron chi connectivity index (χ0n) is 17.4. The van der Waals surface area contributed by atoms with Gasteiger partial charge < -0.3 is 20.8 Å². The van der Waals surface area contributed by atoms with Crippen LogP contribution in [0, 0.1) is 0 Å². The van der Waals surface area contributed by atoms with E-state index < -0.39 is 0 Å². The van der Waals surface area contributed by atoms with Crippen molar-refractivity contribution >= 4 is 0 Å². The lowest BCUT2D eigenvalue weighted by molar-refractivity contribution is 0.137. The molecule has 0 aromatic heterocycles. The second kappa shape index (κ2) is 9.19. The van der Waals surface area contributed by atoms with Crippen LogP contribution in [0.1, 0.15) is 62.0 Å². The maximum absolute atomic E-state index is 9.90. The van der Waals surface area contributed by atoms with Crippen LogP contribution in [0.15, 0.2) is 48.5 Å². The highest BCUT2D eigenvalue weighted by molar-refractivity contribution is 5.37. The van der Waals surface area contributed by atoms with Crippen LogP contribution in [0.4, 0.5) is 0 Å². The summed E-state index contributed by atoms with van der Waals surface area (Å²) in [4.78, 5) is 0. The van der Waals surface area contributed by atoms with Crippen LogP contribution in [0.25, 0.3) is 0 Å². The van der Waals surface area contributed by atoms with Gasteiger partial charge in [0.15, 0.2) is 0 Å². The van der Waals surface area contributed by atoms with E-state index in [-0.39, 0.29) is 24.3 Å². The van der Waals surface area contributed by atoms with Crippen molar-refractivity contribution in [2.75, 3.05) is 0 Å². The Kier molecular flexibility index (Phi) is 6.89. The molecule has 152 valence electrons. The third-order valence-electron chi connectivity index (χ3n) is 5.43. The molecular weight excluding hydrogens is 348 g/mol. The van der Waals surface area contributed by atoms with Crippen molar-refractivity contribution < 1.29 is 10.2 Å². The molecule has 0 saturated heterocycles. The summed E-state index contributed by atoms with van der Waals surface area (Å²) >= 11 is 0. The van der Waals surface area contributed by atoms with E-state index in [1.54, 1.807) is 0 Å². The summed E-state index contributed by atoms with van der Waals surface area (Å²) in [5.41, 5.74) is 5.07. The van der Waals surface area contributed by atoms with Crippen LogP contribution >= 0.6 is 0 Å². The topological polar surface area (TPSA) is 64.5 Å². The molecule has 0 amide bonds. The van der Waals surface area contributed by atoms with Gasteiger partial charge in [0.1, 0.15) is 0 Å². The molecule has 0 saturated carbocycles. The fourth-order valence-electron chi connectivity index (χ4n) is 4.27. The van der Waals surface area contributed by atoms with Crippen LogP contribution in [0.2, 0.25) is 0 Å². The molecule has 2 aliphatic carbocycles. The van der Waals surface area contributed by atoms with Crippen molar-refractivity contribution in [3.05, 3.63) is 70.8 Å². The standard InChI is InChI=1S/2C12H17NO/c2*1-8(2)13-12-10-6-4-3-5-9(10)7-11(12)14/h2*3-6,8,11-14H,7H2,1-2H3/t2*11-,12?/m11/s1. The van der Waals surface area contributed by atoms with Crippen LogP contribution in [-0.2, 0) is 12.8 Å². The molecule has 0 heterocycles. The first-order valence-electron chi connectivity index (χ1n) is 10.4. The number of hydrogen-bond acceptors (Lipinski definition) is 4. The average Bonchev–Trinajstić information content (AvgIpc) is 3.12. The van der Waals surface area contributed by atoms with Crippen LogP contribution in [0.3, 0.4) is 0 Å². The average molecular weight is 383 g/mol. The second-order valence-corrected chi connectivity index (χ2v) is 8.54. The van der Waals surface area contributed by atoms with Gasteiger partial charge in [-0.3, -0.25) is 0 Å². The number of aliphatic hydroxyl groups is 2. The summed E-state index contributed by atoms with van der Waals surface area (Å²) in [6.07, 6.45) is 1.02. The monoisotopic (exact) mass is 382 g/mol. The van der Waals surface area contributed by atoms with Crippen molar-refractivity contribution in [2.45, 2.75) is 76.9 Å². The third-order valence-corrected chi connectivity index (χ3v) is 5.43. The molecule has 2 aliphatic rings. The van der Waals surface area contributed by atoms with Gasteiger partial charge in [-0.2, -0.15) is 0 Å². The van der Waals surface area contributed by atoms with Gasteiger partial charge in [-0.1, -0.05) is 76.2 Å². The minimum Gasteiger partial charge on any atom is -0.391 e. The lowest BCUT2D eigenvalue weighted by atomic mass is 10.1. The molecule has 0 fully saturated rings. The van der Waals surface area contributed by atoms with Crippen molar-refractivity contribution in [3.63, 3.8) is 0 Å². The highest BCUT2D eigenvalue weighted by atomic mass is 16.3. The zero-order valence-corrected chi connectivity index (χ0v) is 17.4. The molecule has 0 bridgehead atoms. The third kappa shape index (κ3) is 4.81. The molecule has 4 atom stereocenters. The van der Waals surface area contributed by atoms with Gasteiger partial charge in [0.25, 0.3) is 0 Å². The van der Waals surface area contributed by atoms with Gasteiger partial charge >= 0.3 is 0 Å². The lowest BCUT2D eigenvalue weighted by Crippen LogP contribution is -2.33. The molecule has 2 aromatic rings. The molecule has 4 N–H and O–H groups in total. The summed E-state index contributed by atoms with van der Waals surface area (Å²) in [6.45, 7) is 8.42. The largest absolute Gasteiger partial charge is 0.391 e. The van der Waals surface area contributed by atoms with E-state index in [1.807, 2.05) is 24.3 Å². The van der Waals surface area contributed by atoms with E-state index in [9.17, 15) is 10.2 Å². The maximum atomic E-state index is 9.90. The minimum absolute atomic E-state index is 0.117. The fourth-order valence-corrected chi connectivity index (χ4v) is 4.27. The summed E-state index contributed by atoms with van der Waals surface area (Å²) in [5.74, 6) is 0. The maximum Gasteiger partial charge on any atom is 0.0775 e. The number of benzene rings is 2. The van der Waals surface area contributed by atoms with E-state index in [0.29, 0.717) is 12.1 Å². The van der Waals surface area contributed by atoms with Crippen LogP contribution in [-0.4, -0.2) is 34.5 Å². The Labute approximate surface area is 169 Å². The fraction of sp³-hybridized carbons (Fsp3) is 0.500. The zero-order chi connectivity index (χ0) is 20.3. The molecule has 2 unspecified atom stereocenters. The van der Waals surface area contributed by atoms with Crippen LogP contribution < -0.4 is 10.6 Å². The van der Waals surface area contributed by atoms with E-state index in [2.05, 4.69) is 62.6 Å². The first-order chi connectivity index (χ1) is 13.4. The summed E-state index contributed by atoms with van der Waals surface area (Å²) in [7, 11) is 0. The molecular formula is C24H34N2O2. The molecule has 4 heteroatoms. The highest BCUT2D eigenvalue weighted by Crippen LogP contribution is 2.32. The van der Waals surface area contributed by atoms with Gasteiger partial charge in [-0.15, -0.1) is 0 Å². The van der Waals surface area contributed by atoms with Gasteiger partial charge in [0.2, 0.25) is 0 Å². The van der Waals surface area contributed by atoms with E-state index in [0.717, 1.165) is 12.8 Å². The van der Waals surface area contributed by atoms with Crippen molar-refractivity contribution in [3.8, 4) is 0 Å². The summed E-state index contributed by atoms with van der Waals surface area (Å²) in [5, 5.41) is 26.6. The van der Waals surface area contributed by atoms with Crippen molar-refractivity contribution in [1.29, 1.82) is 0 Å². The normalized spacial score (nSPS) is 25.4. The van der Waals surface area contributed by atoms with E-state index in [4.69, 9.17) is 0 Å². The Morgan fingerprint density at radius 3 is 1.39 bits per heavy atom. The van der Waals surface area contributed by atoms with Crippen molar-refractivity contribution in [1.82, 2.24) is 10.6 Å². The smallest absolute Gasteiger partial charge is 0.0775 e. The second-order valence-electron chi connectivity index (χ2n) is 8.54. The Morgan fingerprint density at radius 2 is 1.04 bits per heavy atom. The Hall–Kier alpha value is -1.72. The van der Waals surface area contributed by atoms with Gasteiger partial charge in [-0.05, 0) is 22.3 Å². The molecule has 0 aliphatic heterocycles. The van der Waals surface area contributed by atoms with Gasteiger partial charge in [0.05, 0.1) is 24.3 Å². The quantitative estimate of drug-likeness (QED) is 0.655. The number of rotatable bonds is 4. The first-order valence-corrected chi connectivity index (χ1v) is 10.4. The predicted octanol–water partition coefficient (Wildman–Crippen LogP) is 3.29. The molecule has 0 spiro atoms. The molecule has 28 heavy (non-hydrogen) atoms. The lowest BCUT2D eigenvalue weighted by Gasteiger charge is -2.20. The number of fused-ring (bicyclic) bond motifs is 2. The number of nitrogens with one attached hydrogen (secondary N) is 2. The minimum atomic E-state index is -0.269. The summed E-state index contributed by atoms with van der Waals surface area (Å²) < 4.78 is 0.